The lowest BCUT2D eigenvalue weighted by atomic mass is 10.1. The molecule has 0 spiro atoms. The molecule has 1 amide bonds. The first-order valence-electron chi connectivity index (χ1n) is 9.37. The number of rotatable bonds is 6. The molecule has 0 saturated heterocycles. The second kappa shape index (κ2) is 7.94. The van der Waals surface area contributed by atoms with Crippen LogP contribution in [0.2, 0.25) is 0 Å². The van der Waals surface area contributed by atoms with Gasteiger partial charge in [0.15, 0.2) is 16.8 Å². The van der Waals surface area contributed by atoms with E-state index in [1.54, 1.807) is 6.07 Å². The Labute approximate surface area is 171 Å². The Morgan fingerprint density at radius 1 is 1.17 bits per heavy atom. The maximum Gasteiger partial charge on any atom is 0.221 e. The Hall–Kier alpha value is -2.74. The molecule has 150 valence electrons. The first-order chi connectivity index (χ1) is 13.9. The third kappa shape index (κ3) is 4.32. The highest BCUT2D eigenvalue weighted by Gasteiger charge is 2.31. The lowest BCUT2D eigenvalue weighted by Gasteiger charge is -2.15. The zero-order valence-corrected chi connectivity index (χ0v) is 16.8. The van der Waals surface area contributed by atoms with Crippen LogP contribution in [-0.4, -0.2) is 20.7 Å². The van der Waals surface area contributed by atoms with Crippen LogP contribution < -0.4 is 5.32 Å². The van der Waals surface area contributed by atoms with Gasteiger partial charge in [0.1, 0.15) is 5.82 Å². The molecule has 8 heteroatoms. The molecule has 2 aromatic carbocycles. The van der Waals surface area contributed by atoms with Gasteiger partial charge in [0.05, 0.1) is 5.69 Å². The highest BCUT2D eigenvalue weighted by Crippen LogP contribution is 2.43. The van der Waals surface area contributed by atoms with Crippen molar-refractivity contribution in [2.75, 3.05) is 5.32 Å². The van der Waals surface area contributed by atoms with Crippen LogP contribution in [-0.2, 0) is 4.79 Å². The predicted molar refractivity (Wildman–Crippen MR) is 108 cm³/mol. The van der Waals surface area contributed by atoms with Gasteiger partial charge in [0, 0.05) is 23.8 Å². The maximum absolute atomic E-state index is 13.6. The van der Waals surface area contributed by atoms with E-state index in [-0.39, 0.29) is 11.2 Å². The number of aromatic nitrogens is 3. The average molecular weight is 414 g/mol. The number of benzene rings is 2. The Morgan fingerprint density at radius 2 is 1.97 bits per heavy atom. The van der Waals surface area contributed by atoms with Crippen LogP contribution in [0.3, 0.4) is 0 Å². The van der Waals surface area contributed by atoms with E-state index in [9.17, 15) is 13.6 Å². The van der Waals surface area contributed by atoms with E-state index in [2.05, 4.69) is 15.5 Å². The van der Waals surface area contributed by atoms with Gasteiger partial charge < -0.3 is 5.32 Å². The number of nitrogens with one attached hydrogen (secondary N) is 1. The van der Waals surface area contributed by atoms with E-state index in [1.807, 2.05) is 35.8 Å². The Morgan fingerprint density at radius 3 is 2.66 bits per heavy atom. The second-order valence-corrected chi connectivity index (χ2v) is 8.42. The van der Waals surface area contributed by atoms with Crippen LogP contribution in [0, 0.1) is 11.6 Å². The molecule has 1 aromatic heterocycles. The van der Waals surface area contributed by atoms with Gasteiger partial charge in [-0.2, -0.15) is 0 Å². The molecule has 0 bridgehead atoms. The number of halogens is 2. The summed E-state index contributed by atoms with van der Waals surface area (Å²) in [5, 5.41) is 12.1. The van der Waals surface area contributed by atoms with Gasteiger partial charge in [0.25, 0.3) is 0 Å². The number of hydrogen-bond acceptors (Lipinski definition) is 4. The third-order valence-electron chi connectivity index (χ3n) is 4.72. The van der Waals surface area contributed by atoms with E-state index in [0.717, 1.165) is 30.4 Å². The first-order valence-corrected chi connectivity index (χ1v) is 10.3. The number of thioether (sulfide) groups is 1. The maximum atomic E-state index is 13.6. The number of amides is 1. The molecule has 1 aliphatic rings. The minimum atomic E-state index is -0.863. The Kier molecular flexibility index (Phi) is 5.36. The van der Waals surface area contributed by atoms with E-state index < -0.39 is 11.6 Å². The molecule has 5 nitrogen and oxygen atoms in total. The fourth-order valence-corrected chi connectivity index (χ4v) is 4.11. The van der Waals surface area contributed by atoms with Gasteiger partial charge >= 0.3 is 0 Å². The third-order valence-corrected chi connectivity index (χ3v) is 5.82. The van der Waals surface area contributed by atoms with Crippen molar-refractivity contribution in [3.8, 4) is 5.69 Å². The molecule has 29 heavy (non-hydrogen) atoms. The molecule has 0 aliphatic heterocycles. The molecule has 1 N–H and O–H groups in total. The van der Waals surface area contributed by atoms with Crippen molar-refractivity contribution < 1.29 is 13.6 Å². The van der Waals surface area contributed by atoms with Gasteiger partial charge in [-0.15, -0.1) is 10.2 Å². The zero-order chi connectivity index (χ0) is 20.5. The van der Waals surface area contributed by atoms with Crippen molar-refractivity contribution in [2.45, 2.75) is 43.0 Å². The molecule has 1 unspecified atom stereocenters. The van der Waals surface area contributed by atoms with E-state index in [1.165, 1.54) is 24.8 Å². The quantitative estimate of drug-likeness (QED) is 0.561. The first kappa shape index (κ1) is 19.6. The second-order valence-electron chi connectivity index (χ2n) is 7.12. The highest BCUT2D eigenvalue weighted by molar-refractivity contribution is 7.99. The van der Waals surface area contributed by atoms with Gasteiger partial charge in [-0.25, -0.2) is 8.78 Å². The Balaban J connectivity index is 1.68. The highest BCUT2D eigenvalue weighted by atomic mass is 32.2. The molecular formula is C21H20F2N4OS. The van der Waals surface area contributed by atoms with E-state index >= 15 is 0 Å². The summed E-state index contributed by atoms with van der Waals surface area (Å²) < 4.78 is 28.9. The lowest BCUT2D eigenvalue weighted by Crippen LogP contribution is -2.07. The zero-order valence-electron chi connectivity index (χ0n) is 16.0. The summed E-state index contributed by atoms with van der Waals surface area (Å²) in [4.78, 5) is 11.4. The largest absolute Gasteiger partial charge is 0.326 e. The summed E-state index contributed by atoms with van der Waals surface area (Å²) >= 11 is 1.43. The van der Waals surface area contributed by atoms with Crippen molar-refractivity contribution in [3.63, 3.8) is 0 Å². The summed E-state index contributed by atoms with van der Waals surface area (Å²) in [5.41, 5.74) is 2.21. The summed E-state index contributed by atoms with van der Waals surface area (Å²) in [6.45, 7) is 3.38. The number of anilines is 1. The van der Waals surface area contributed by atoms with Gasteiger partial charge in [-0.3, -0.25) is 9.36 Å². The Bertz CT molecular complexity index is 1060. The summed E-state index contributed by atoms with van der Waals surface area (Å²) in [6, 6.07) is 11.4. The molecule has 1 aliphatic carbocycles. The van der Waals surface area contributed by atoms with Crippen LogP contribution in [0.1, 0.15) is 49.2 Å². The standard InChI is InChI=1S/C21H20F2N4OS/c1-12(15-8-9-18(22)19(23)10-15)29-21-26-25-20(14-6-7-14)27(21)17-5-3-4-16(11-17)24-13(2)28/h3-5,8-12,14H,6-7H2,1-2H3,(H,24,28). The van der Waals surface area contributed by atoms with Crippen molar-refractivity contribution in [1.29, 1.82) is 0 Å². The number of carbonyl (C=O) groups is 1. The molecule has 1 heterocycles. The molecular weight excluding hydrogens is 394 g/mol. The molecule has 4 rings (SSSR count). The fourth-order valence-electron chi connectivity index (χ4n) is 3.12. The van der Waals surface area contributed by atoms with Crippen LogP contribution in [0.15, 0.2) is 47.6 Å². The van der Waals surface area contributed by atoms with Crippen molar-refractivity contribution >= 4 is 23.4 Å². The van der Waals surface area contributed by atoms with Crippen molar-refractivity contribution in [1.82, 2.24) is 14.8 Å². The van der Waals surface area contributed by atoms with Gasteiger partial charge in [0.2, 0.25) is 5.91 Å². The summed E-state index contributed by atoms with van der Waals surface area (Å²) in [5.74, 6) is -0.627. The van der Waals surface area contributed by atoms with Crippen LogP contribution in [0.5, 0.6) is 0 Å². The molecule has 3 aromatic rings. The van der Waals surface area contributed by atoms with E-state index in [0.29, 0.717) is 22.3 Å². The molecule has 1 saturated carbocycles. The lowest BCUT2D eigenvalue weighted by molar-refractivity contribution is -0.114. The van der Waals surface area contributed by atoms with Crippen molar-refractivity contribution in [2.24, 2.45) is 0 Å². The minimum Gasteiger partial charge on any atom is -0.326 e. The van der Waals surface area contributed by atoms with Gasteiger partial charge in [-0.1, -0.05) is 23.9 Å². The smallest absolute Gasteiger partial charge is 0.221 e. The van der Waals surface area contributed by atoms with Crippen LogP contribution >= 0.6 is 11.8 Å². The topological polar surface area (TPSA) is 59.8 Å². The van der Waals surface area contributed by atoms with Gasteiger partial charge in [-0.05, 0) is 55.7 Å². The SMILES string of the molecule is CC(=O)Nc1cccc(-n2c(SC(C)c3ccc(F)c(F)c3)nnc2C2CC2)c1. The number of carbonyl (C=O) groups excluding carboxylic acids is 1. The number of nitrogens with zero attached hydrogens (tertiary/aromatic N) is 3. The number of hydrogen-bond donors (Lipinski definition) is 1. The summed E-state index contributed by atoms with van der Waals surface area (Å²) in [7, 11) is 0. The van der Waals surface area contributed by atoms with Crippen LogP contribution in [0.4, 0.5) is 14.5 Å². The van der Waals surface area contributed by atoms with E-state index in [4.69, 9.17) is 0 Å². The molecule has 1 atom stereocenters. The molecule has 1 fully saturated rings. The average Bonchev–Trinajstić information content (AvgIpc) is 3.44. The summed E-state index contributed by atoms with van der Waals surface area (Å²) in [6.07, 6.45) is 2.12. The monoisotopic (exact) mass is 414 g/mol. The van der Waals surface area contributed by atoms with Crippen molar-refractivity contribution in [3.05, 3.63) is 65.5 Å². The van der Waals surface area contributed by atoms with Crippen LogP contribution in [0.25, 0.3) is 5.69 Å². The molecule has 0 radical (unpaired) electrons. The minimum absolute atomic E-state index is 0.144. The normalized spacial score (nSPS) is 14.6. The fraction of sp³-hybridized carbons (Fsp3) is 0.286. The predicted octanol–water partition coefficient (Wildman–Crippen LogP) is 5.23.